The van der Waals surface area contributed by atoms with E-state index in [1.165, 1.54) is 4.90 Å². The molecule has 0 unspecified atom stereocenters. The van der Waals surface area contributed by atoms with Crippen LogP contribution in [0.4, 0.5) is 0 Å². The fourth-order valence-electron chi connectivity index (χ4n) is 2.80. The molecule has 1 aromatic carbocycles. The van der Waals surface area contributed by atoms with Crippen LogP contribution in [0.3, 0.4) is 0 Å². The summed E-state index contributed by atoms with van der Waals surface area (Å²) in [4.78, 5) is 27.4. The molecule has 2 aliphatic heterocycles. The molecule has 2 atom stereocenters. The van der Waals surface area contributed by atoms with Gasteiger partial charge in [0.15, 0.2) is 0 Å². The zero-order valence-electron chi connectivity index (χ0n) is 10.5. The van der Waals surface area contributed by atoms with Gasteiger partial charge in [0.05, 0.1) is 6.10 Å². The van der Waals surface area contributed by atoms with E-state index < -0.39 is 12.1 Å². The molecule has 0 aromatic heterocycles. The fraction of sp³-hybridized carbons (Fsp3) is 0.429. The minimum Gasteiger partial charge on any atom is -0.391 e. The first-order valence-electron chi connectivity index (χ1n) is 6.45. The van der Waals surface area contributed by atoms with Crippen LogP contribution in [0.1, 0.15) is 12.0 Å². The molecule has 1 N–H and O–H groups in total. The zero-order chi connectivity index (χ0) is 13.4. The van der Waals surface area contributed by atoms with Crippen LogP contribution in [0.5, 0.6) is 0 Å². The Labute approximate surface area is 111 Å². The van der Waals surface area contributed by atoms with E-state index in [1.807, 2.05) is 30.3 Å². The second-order valence-corrected chi connectivity index (χ2v) is 5.13. The van der Waals surface area contributed by atoms with Crippen molar-refractivity contribution < 1.29 is 14.7 Å². The van der Waals surface area contributed by atoms with E-state index >= 15 is 0 Å². The monoisotopic (exact) mass is 260 g/mol. The summed E-state index contributed by atoms with van der Waals surface area (Å²) in [6.07, 6.45) is -0.217. The van der Waals surface area contributed by atoms with Crippen LogP contribution in [-0.2, 0) is 16.1 Å². The Morgan fingerprint density at radius 3 is 2.68 bits per heavy atom. The van der Waals surface area contributed by atoms with Gasteiger partial charge >= 0.3 is 0 Å². The molecule has 5 heteroatoms. The molecule has 100 valence electrons. The third-order valence-corrected chi connectivity index (χ3v) is 3.74. The van der Waals surface area contributed by atoms with Crippen molar-refractivity contribution in [1.82, 2.24) is 9.80 Å². The van der Waals surface area contributed by atoms with Crippen LogP contribution >= 0.6 is 0 Å². The Kier molecular flexibility index (Phi) is 2.98. The highest BCUT2D eigenvalue weighted by Crippen LogP contribution is 2.25. The summed E-state index contributed by atoms with van der Waals surface area (Å²) in [5.41, 5.74) is 1.01. The lowest BCUT2D eigenvalue weighted by Gasteiger charge is -2.36. The first-order chi connectivity index (χ1) is 9.15. The Balaban J connectivity index is 1.77. The molecule has 2 amide bonds. The van der Waals surface area contributed by atoms with Crippen molar-refractivity contribution in [2.75, 3.05) is 13.1 Å². The van der Waals surface area contributed by atoms with Gasteiger partial charge in [-0.25, -0.2) is 0 Å². The normalized spacial score (nSPS) is 26.8. The molecular formula is C14H16N2O3. The van der Waals surface area contributed by atoms with Crippen LogP contribution in [0.15, 0.2) is 30.3 Å². The molecule has 5 nitrogen and oxygen atoms in total. The van der Waals surface area contributed by atoms with Crippen molar-refractivity contribution in [2.24, 2.45) is 0 Å². The topological polar surface area (TPSA) is 60.9 Å². The summed E-state index contributed by atoms with van der Waals surface area (Å²) in [7, 11) is 0. The van der Waals surface area contributed by atoms with Gasteiger partial charge in [-0.1, -0.05) is 30.3 Å². The molecule has 2 fully saturated rings. The number of amides is 2. The van der Waals surface area contributed by atoms with Crippen LogP contribution in [0.2, 0.25) is 0 Å². The van der Waals surface area contributed by atoms with Gasteiger partial charge in [0.25, 0.3) is 0 Å². The average Bonchev–Trinajstić information content (AvgIpc) is 2.80. The van der Waals surface area contributed by atoms with Crippen molar-refractivity contribution in [3.05, 3.63) is 35.9 Å². The standard InChI is InChI=1S/C14H16N2O3/c17-11-6-12-14(19)15(9-13(18)16(12)8-11)7-10-4-2-1-3-5-10/h1-5,11-12,17H,6-9H2/t11-,12+/m0/s1. The molecule has 2 heterocycles. The largest absolute Gasteiger partial charge is 0.391 e. The van der Waals surface area contributed by atoms with Gasteiger partial charge in [0.1, 0.15) is 12.6 Å². The van der Waals surface area contributed by atoms with Gasteiger partial charge in [-0.15, -0.1) is 0 Å². The summed E-state index contributed by atoms with van der Waals surface area (Å²) in [5, 5.41) is 9.61. The third kappa shape index (κ3) is 2.21. The van der Waals surface area contributed by atoms with Gasteiger partial charge < -0.3 is 14.9 Å². The Bertz CT molecular complexity index is 503. The minimum absolute atomic E-state index is 0.0556. The van der Waals surface area contributed by atoms with Crippen molar-refractivity contribution >= 4 is 11.8 Å². The molecule has 0 spiro atoms. The SMILES string of the molecule is O=C1[C@H]2C[C@H](O)CN2C(=O)CN1Cc1ccccc1. The summed E-state index contributed by atoms with van der Waals surface area (Å²) in [6, 6.07) is 9.15. The Morgan fingerprint density at radius 2 is 1.95 bits per heavy atom. The van der Waals surface area contributed by atoms with E-state index in [4.69, 9.17) is 0 Å². The number of piperazine rings is 1. The van der Waals surface area contributed by atoms with Crippen molar-refractivity contribution in [3.63, 3.8) is 0 Å². The first-order valence-corrected chi connectivity index (χ1v) is 6.45. The van der Waals surface area contributed by atoms with E-state index in [9.17, 15) is 14.7 Å². The molecule has 0 saturated carbocycles. The number of carbonyl (C=O) groups is 2. The van der Waals surface area contributed by atoms with Gasteiger partial charge in [-0.05, 0) is 5.56 Å². The number of aliphatic hydroxyl groups is 1. The van der Waals surface area contributed by atoms with E-state index in [-0.39, 0.29) is 24.9 Å². The summed E-state index contributed by atoms with van der Waals surface area (Å²) in [6.45, 7) is 0.844. The van der Waals surface area contributed by atoms with Crippen LogP contribution in [0.25, 0.3) is 0 Å². The molecule has 3 rings (SSSR count). The van der Waals surface area contributed by atoms with Crippen LogP contribution in [0, 0.1) is 0 Å². The molecule has 0 bridgehead atoms. The summed E-state index contributed by atoms with van der Waals surface area (Å²) < 4.78 is 0. The highest BCUT2D eigenvalue weighted by atomic mass is 16.3. The van der Waals surface area contributed by atoms with E-state index in [2.05, 4.69) is 0 Å². The van der Waals surface area contributed by atoms with Crippen molar-refractivity contribution in [1.29, 1.82) is 0 Å². The molecular weight excluding hydrogens is 244 g/mol. The Morgan fingerprint density at radius 1 is 1.21 bits per heavy atom. The number of rotatable bonds is 2. The van der Waals surface area contributed by atoms with E-state index in [0.29, 0.717) is 13.0 Å². The minimum atomic E-state index is -0.574. The van der Waals surface area contributed by atoms with Crippen LogP contribution < -0.4 is 0 Å². The number of hydrogen-bond donors (Lipinski definition) is 1. The van der Waals surface area contributed by atoms with E-state index in [1.54, 1.807) is 4.90 Å². The maximum absolute atomic E-state index is 12.3. The lowest BCUT2D eigenvalue weighted by molar-refractivity contribution is -0.154. The van der Waals surface area contributed by atoms with Crippen molar-refractivity contribution in [3.8, 4) is 0 Å². The lowest BCUT2D eigenvalue weighted by atomic mass is 10.1. The zero-order valence-corrected chi connectivity index (χ0v) is 10.5. The first kappa shape index (κ1) is 12.2. The van der Waals surface area contributed by atoms with Crippen molar-refractivity contribution in [2.45, 2.75) is 25.1 Å². The number of fused-ring (bicyclic) bond motifs is 1. The molecule has 19 heavy (non-hydrogen) atoms. The smallest absolute Gasteiger partial charge is 0.246 e. The number of benzene rings is 1. The second-order valence-electron chi connectivity index (χ2n) is 5.13. The van der Waals surface area contributed by atoms with E-state index in [0.717, 1.165) is 5.56 Å². The average molecular weight is 260 g/mol. The van der Waals surface area contributed by atoms with Gasteiger partial charge in [-0.2, -0.15) is 0 Å². The predicted octanol–water partition coefficient (Wildman–Crippen LogP) is -0.00940. The predicted molar refractivity (Wildman–Crippen MR) is 68.0 cm³/mol. The maximum atomic E-state index is 12.3. The number of nitrogens with zero attached hydrogens (tertiary/aromatic N) is 2. The third-order valence-electron chi connectivity index (χ3n) is 3.74. The number of hydrogen-bond acceptors (Lipinski definition) is 3. The molecule has 2 saturated heterocycles. The summed E-state index contributed by atoms with van der Waals surface area (Å²) >= 11 is 0. The molecule has 1 aromatic rings. The Hall–Kier alpha value is -1.88. The van der Waals surface area contributed by atoms with Gasteiger partial charge in [-0.3, -0.25) is 9.59 Å². The molecule has 0 aliphatic carbocycles. The lowest BCUT2D eigenvalue weighted by Crippen LogP contribution is -2.56. The quantitative estimate of drug-likeness (QED) is 0.813. The second kappa shape index (κ2) is 4.66. The fourth-order valence-corrected chi connectivity index (χ4v) is 2.80. The molecule has 2 aliphatic rings. The number of carbonyl (C=O) groups excluding carboxylic acids is 2. The maximum Gasteiger partial charge on any atom is 0.246 e. The van der Waals surface area contributed by atoms with Gasteiger partial charge in [0, 0.05) is 19.5 Å². The summed E-state index contributed by atoms with van der Waals surface area (Å²) in [5.74, 6) is -0.128. The molecule has 0 radical (unpaired) electrons. The highest BCUT2D eigenvalue weighted by Gasteiger charge is 2.44. The number of aliphatic hydroxyl groups excluding tert-OH is 1. The highest BCUT2D eigenvalue weighted by molar-refractivity contribution is 5.95. The van der Waals surface area contributed by atoms with Gasteiger partial charge in [0.2, 0.25) is 11.8 Å². The van der Waals surface area contributed by atoms with Crippen LogP contribution in [-0.4, -0.2) is 52.0 Å².